The predicted molar refractivity (Wildman–Crippen MR) is 304 cm³/mol. The maximum absolute atomic E-state index is 12.8. The number of benzene rings is 7. The molecule has 0 spiro atoms. The minimum absolute atomic E-state index is 0. The molecule has 0 fully saturated rings. The van der Waals surface area contributed by atoms with Crippen LogP contribution in [-0.2, 0) is 53.6 Å². The van der Waals surface area contributed by atoms with Crippen molar-refractivity contribution in [3.8, 4) is 17.2 Å². The second-order valence-corrected chi connectivity index (χ2v) is 24.6. The summed E-state index contributed by atoms with van der Waals surface area (Å²) in [5.41, 5.74) is 9.30. The summed E-state index contributed by atoms with van der Waals surface area (Å²) in [7, 11) is 0. The van der Waals surface area contributed by atoms with Gasteiger partial charge in [0.1, 0.15) is 0 Å². The SMILES string of the molecule is CC(C)(C)c1cc([N-]c2ccccc2)c([O-])c(C(C)(C)C)c1.CC(C)(C)c1cc([N-]c2ccccc2)c([O-])c(C(C)(C)C)c1.CC(C)(C)c1cc([N-]c2ccccc2)c([O-])c(C(C)(C)C)c1.[Mo].c1ccccc1. The first kappa shape index (κ1) is 61.3. The van der Waals surface area contributed by atoms with Crippen molar-refractivity contribution in [2.45, 2.75) is 157 Å². The average Bonchev–Trinajstić information content (AvgIpc) is 3.28. The van der Waals surface area contributed by atoms with Gasteiger partial charge in [-0.25, -0.2) is 0 Å². The quantitative estimate of drug-likeness (QED) is 0.155. The van der Waals surface area contributed by atoms with Crippen molar-refractivity contribution < 1.29 is 36.4 Å². The van der Waals surface area contributed by atoms with Crippen LogP contribution in [0.5, 0.6) is 17.2 Å². The van der Waals surface area contributed by atoms with Crippen LogP contribution in [-0.4, -0.2) is 0 Å². The number of para-hydroxylation sites is 3. The Balaban J connectivity index is 0.000000270. The van der Waals surface area contributed by atoms with Crippen LogP contribution in [0.1, 0.15) is 158 Å². The first-order chi connectivity index (χ1) is 33.3. The molecule has 7 heteroatoms. The third-order valence-corrected chi connectivity index (χ3v) is 11.9. The molecule has 0 aliphatic rings. The molecular weight excluding hydrogens is 979 g/mol. The molecule has 0 bridgehead atoms. The zero-order chi connectivity index (χ0) is 53.9. The maximum atomic E-state index is 12.8. The van der Waals surface area contributed by atoms with Crippen LogP contribution in [0.4, 0.5) is 34.1 Å². The van der Waals surface area contributed by atoms with Gasteiger partial charge in [0, 0.05) is 21.1 Å². The maximum Gasteiger partial charge on any atom is 0 e. The molecule has 7 rings (SSSR count). The van der Waals surface area contributed by atoms with E-state index < -0.39 is 0 Å². The van der Waals surface area contributed by atoms with E-state index >= 15 is 0 Å². The Labute approximate surface area is 455 Å². The van der Waals surface area contributed by atoms with Crippen LogP contribution in [0.25, 0.3) is 16.0 Å². The van der Waals surface area contributed by atoms with Gasteiger partial charge in [-0.15, -0.1) is 51.4 Å². The summed E-state index contributed by atoms with van der Waals surface area (Å²) < 4.78 is 0. The van der Waals surface area contributed by atoms with Crippen molar-refractivity contribution in [1.29, 1.82) is 0 Å². The van der Waals surface area contributed by atoms with Crippen molar-refractivity contribution in [2.75, 3.05) is 0 Å². The first-order valence-corrected chi connectivity index (χ1v) is 25.2. The van der Waals surface area contributed by atoms with Crippen LogP contribution < -0.4 is 15.3 Å². The molecule has 0 atom stereocenters. The molecule has 0 aliphatic heterocycles. The van der Waals surface area contributed by atoms with Gasteiger partial charge in [-0.1, -0.05) is 305 Å². The van der Waals surface area contributed by atoms with Crippen molar-refractivity contribution in [3.05, 3.63) is 213 Å². The van der Waals surface area contributed by atoms with E-state index in [0.717, 1.165) is 50.4 Å². The smallest absolute Gasteiger partial charge is 0 e. The predicted octanol–water partition coefficient (Wildman–Crippen LogP) is 18.8. The molecule has 7 aromatic carbocycles. The topological polar surface area (TPSA) is 111 Å². The molecule has 0 aromatic heterocycles. The summed E-state index contributed by atoms with van der Waals surface area (Å²) in [5.74, 6) is 0.0954. The number of hydrogen-bond donors (Lipinski definition) is 0. The van der Waals surface area contributed by atoms with Gasteiger partial charge in [-0.2, -0.15) is 0 Å². The van der Waals surface area contributed by atoms with Crippen LogP contribution in [0.15, 0.2) is 164 Å². The minimum atomic E-state index is -0.195. The molecular formula is C66H81MoN3O3-6. The molecule has 73 heavy (non-hydrogen) atoms. The van der Waals surface area contributed by atoms with Crippen LogP contribution >= 0.6 is 0 Å². The summed E-state index contributed by atoms with van der Waals surface area (Å²) in [6, 6.07) is 52.9. The number of rotatable bonds is 6. The molecule has 390 valence electrons. The third-order valence-electron chi connectivity index (χ3n) is 11.9. The number of hydrogen-bond acceptors (Lipinski definition) is 3. The first-order valence-electron chi connectivity index (χ1n) is 25.2. The molecule has 0 amide bonds. The fourth-order valence-electron chi connectivity index (χ4n) is 7.37. The Morgan fingerprint density at radius 2 is 0.438 bits per heavy atom. The Kier molecular flexibility index (Phi) is 21.3. The summed E-state index contributed by atoms with van der Waals surface area (Å²) >= 11 is 0. The zero-order valence-electron chi connectivity index (χ0n) is 47.1. The Morgan fingerprint density at radius 3 is 0.603 bits per heavy atom. The normalized spacial score (nSPS) is 11.8. The molecule has 0 N–H and O–H groups in total. The summed E-state index contributed by atoms with van der Waals surface area (Å²) in [6.45, 7) is 38.1. The molecule has 0 unspecified atom stereocenters. The molecule has 0 saturated carbocycles. The molecule has 7 aromatic rings. The van der Waals surface area contributed by atoms with Gasteiger partial charge < -0.3 is 31.3 Å². The van der Waals surface area contributed by atoms with Crippen molar-refractivity contribution in [1.82, 2.24) is 0 Å². The van der Waals surface area contributed by atoms with Gasteiger partial charge in [-0.3, -0.25) is 0 Å². The summed E-state index contributed by atoms with van der Waals surface area (Å²) in [4.78, 5) is 0. The summed E-state index contributed by atoms with van der Waals surface area (Å²) in [5, 5.41) is 52.1. The Hall–Kier alpha value is -5.97. The van der Waals surface area contributed by atoms with Gasteiger partial charge in [0.05, 0.1) is 0 Å². The van der Waals surface area contributed by atoms with E-state index in [0.29, 0.717) is 17.1 Å². The Bertz CT molecular complexity index is 2460. The van der Waals surface area contributed by atoms with E-state index in [1.165, 1.54) is 0 Å². The van der Waals surface area contributed by atoms with Gasteiger partial charge >= 0.3 is 0 Å². The van der Waals surface area contributed by atoms with Gasteiger partial charge in [0.2, 0.25) is 0 Å². The molecule has 0 saturated heterocycles. The van der Waals surface area contributed by atoms with Gasteiger partial charge in [-0.05, 0) is 49.2 Å². The molecule has 0 aliphatic carbocycles. The standard InChI is InChI=1S/3C20H26NO.C6H6.Mo/c3*1-19(2,3)14-12-16(20(4,5)6)18(22)17(13-14)21-15-10-8-7-9-11-15;1-2-4-6-5-3-1;/h3*7-13,22H,1-6H3;1-6H;/q3*-1;;/p-3. The van der Waals surface area contributed by atoms with E-state index in [2.05, 4.69) is 141 Å². The van der Waals surface area contributed by atoms with Gasteiger partial charge in [0.15, 0.2) is 0 Å². The van der Waals surface area contributed by atoms with Crippen LogP contribution in [0.3, 0.4) is 0 Å². The van der Waals surface area contributed by atoms with E-state index in [-0.39, 0.29) is 70.8 Å². The fourth-order valence-corrected chi connectivity index (χ4v) is 7.37. The number of nitrogens with zero attached hydrogens (tertiary/aromatic N) is 3. The van der Waals surface area contributed by atoms with E-state index in [1.54, 1.807) is 0 Å². The van der Waals surface area contributed by atoms with E-state index in [4.69, 9.17) is 0 Å². The van der Waals surface area contributed by atoms with Crippen molar-refractivity contribution >= 4 is 34.1 Å². The van der Waals surface area contributed by atoms with Crippen molar-refractivity contribution in [3.63, 3.8) is 0 Å². The van der Waals surface area contributed by atoms with Gasteiger partial charge in [0.25, 0.3) is 0 Å². The second kappa shape index (κ2) is 25.3. The monoisotopic (exact) mass is 1060 g/mol. The largest absolute Gasteiger partial charge is 0.873 e. The molecule has 6 nitrogen and oxygen atoms in total. The van der Waals surface area contributed by atoms with E-state index in [9.17, 15) is 15.3 Å². The van der Waals surface area contributed by atoms with Crippen molar-refractivity contribution in [2.24, 2.45) is 0 Å². The minimum Gasteiger partial charge on any atom is -0.873 e. The Morgan fingerprint density at radius 1 is 0.260 bits per heavy atom. The third kappa shape index (κ3) is 18.8. The van der Waals surface area contributed by atoms with Crippen LogP contribution in [0.2, 0.25) is 0 Å². The fraction of sp³-hybridized carbons (Fsp3) is 0.364. The zero-order valence-corrected chi connectivity index (χ0v) is 49.1. The molecule has 0 heterocycles. The average molecular weight is 1060 g/mol. The van der Waals surface area contributed by atoms with E-state index in [1.807, 2.05) is 164 Å². The van der Waals surface area contributed by atoms with Crippen LogP contribution in [0, 0.1) is 0 Å². The molecule has 0 radical (unpaired) electrons. The second-order valence-electron chi connectivity index (χ2n) is 24.6. The summed E-state index contributed by atoms with van der Waals surface area (Å²) in [6.07, 6.45) is 0.